The fraction of sp³-hybridized carbons (Fsp3) is 0.300. The molecule has 0 radical (unpaired) electrons. The maximum atomic E-state index is 8.65. The highest BCUT2D eigenvalue weighted by atomic mass is 35.5. The van der Waals surface area contributed by atoms with E-state index in [4.69, 9.17) is 21.6 Å². The Balaban J connectivity index is 2.54. The molecule has 1 aromatic rings. The molecule has 0 spiro atoms. The number of rotatable bonds is 4. The minimum absolute atomic E-state index is 0.288. The van der Waals surface area contributed by atoms with Gasteiger partial charge in [0.2, 0.25) is 0 Å². The quantitative estimate of drug-likeness (QED) is 0.825. The van der Waals surface area contributed by atoms with E-state index in [9.17, 15) is 0 Å². The van der Waals surface area contributed by atoms with Gasteiger partial charge in [-0.15, -0.1) is 0 Å². The summed E-state index contributed by atoms with van der Waals surface area (Å²) in [5, 5.41) is 12.0. The van der Waals surface area contributed by atoms with Crippen LogP contribution in [0.25, 0.3) is 0 Å². The van der Waals surface area contributed by atoms with Gasteiger partial charge in [-0.3, -0.25) is 0 Å². The van der Waals surface area contributed by atoms with Crippen molar-refractivity contribution < 1.29 is 4.74 Å². The lowest BCUT2D eigenvalue weighted by Gasteiger charge is -2.10. The zero-order valence-electron chi connectivity index (χ0n) is 7.83. The van der Waals surface area contributed by atoms with E-state index in [1.54, 1.807) is 19.2 Å². The largest absolute Gasteiger partial charge is 0.489 e. The van der Waals surface area contributed by atoms with E-state index in [-0.39, 0.29) is 12.6 Å². The first-order valence-corrected chi connectivity index (χ1v) is 4.60. The van der Waals surface area contributed by atoms with Gasteiger partial charge in [0.25, 0.3) is 0 Å². The Morgan fingerprint density at radius 3 is 2.86 bits per heavy atom. The highest BCUT2D eigenvalue weighted by molar-refractivity contribution is 6.32. The molecule has 0 saturated heterocycles. The SMILES string of the molecule is CNC(C#N)COc1ccccc1Cl. The molecule has 4 heteroatoms. The molecule has 14 heavy (non-hydrogen) atoms. The summed E-state index contributed by atoms with van der Waals surface area (Å²) in [5.74, 6) is 0.602. The Labute approximate surface area is 88.3 Å². The molecule has 0 bridgehead atoms. The Kier molecular flexibility index (Phi) is 4.24. The molecule has 1 aromatic carbocycles. The van der Waals surface area contributed by atoms with Crippen LogP contribution in [-0.4, -0.2) is 19.7 Å². The number of ether oxygens (including phenoxy) is 1. The molecule has 0 heterocycles. The second kappa shape index (κ2) is 5.48. The second-order valence-corrected chi connectivity index (χ2v) is 3.12. The van der Waals surface area contributed by atoms with Crippen molar-refractivity contribution in [3.8, 4) is 11.8 Å². The number of benzene rings is 1. The summed E-state index contributed by atoms with van der Waals surface area (Å²) in [7, 11) is 1.71. The lowest BCUT2D eigenvalue weighted by molar-refractivity contribution is 0.295. The molecule has 0 amide bonds. The van der Waals surface area contributed by atoms with Gasteiger partial charge < -0.3 is 10.1 Å². The van der Waals surface area contributed by atoms with Crippen LogP contribution >= 0.6 is 11.6 Å². The summed E-state index contributed by atoms with van der Waals surface area (Å²) in [5.41, 5.74) is 0. The molecule has 3 nitrogen and oxygen atoms in total. The Morgan fingerprint density at radius 1 is 1.57 bits per heavy atom. The summed E-state index contributed by atoms with van der Waals surface area (Å²) >= 11 is 5.87. The Morgan fingerprint density at radius 2 is 2.29 bits per heavy atom. The molecule has 0 aliphatic rings. The average Bonchev–Trinajstić information content (AvgIpc) is 2.22. The number of nitriles is 1. The summed E-state index contributed by atoms with van der Waals surface area (Å²) in [6.07, 6.45) is 0. The van der Waals surface area contributed by atoms with Crippen molar-refractivity contribution in [3.05, 3.63) is 29.3 Å². The van der Waals surface area contributed by atoms with E-state index in [2.05, 4.69) is 11.4 Å². The monoisotopic (exact) mass is 210 g/mol. The first-order valence-electron chi connectivity index (χ1n) is 4.22. The van der Waals surface area contributed by atoms with Crippen LogP contribution in [0, 0.1) is 11.3 Å². The molecule has 1 atom stereocenters. The topological polar surface area (TPSA) is 45.0 Å². The number of nitrogens with one attached hydrogen (secondary N) is 1. The fourth-order valence-corrected chi connectivity index (χ4v) is 1.11. The van der Waals surface area contributed by atoms with E-state index in [0.717, 1.165) is 0 Å². The molecule has 1 N–H and O–H groups in total. The van der Waals surface area contributed by atoms with Crippen LogP contribution < -0.4 is 10.1 Å². The van der Waals surface area contributed by atoms with Crippen LogP contribution in [0.4, 0.5) is 0 Å². The van der Waals surface area contributed by atoms with E-state index in [0.29, 0.717) is 10.8 Å². The lowest BCUT2D eigenvalue weighted by atomic mass is 10.3. The minimum Gasteiger partial charge on any atom is -0.489 e. The average molecular weight is 211 g/mol. The molecular weight excluding hydrogens is 200 g/mol. The van der Waals surface area contributed by atoms with Crippen molar-refractivity contribution in [2.45, 2.75) is 6.04 Å². The Hall–Kier alpha value is -1.24. The van der Waals surface area contributed by atoms with Crippen LogP contribution in [0.2, 0.25) is 5.02 Å². The van der Waals surface area contributed by atoms with E-state index >= 15 is 0 Å². The van der Waals surface area contributed by atoms with Gasteiger partial charge in [-0.05, 0) is 19.2 Å². The Bertz CT molecular complexity index is 335. The van der Waals surface area contributed by atoms with E-state index in [1.807, 2.05) is 12.1 Å². The molecular formula is C10H11ClN2O. The van der Waals surface area contributed by atoms with Crippen molar-refractivity contribution in [2.75, 3.05) is 13.7 Å². The van der Waals surface area contributed by atoms with Gasteiger partial charge in [0, 0.05) is 0 Å². The van der Waals surface area contributed by atoms with Crippen LogP contribution in [0.5, 0.6) is 5.75 Å². The van der Waals surface area contributed by atoms with Gasteiger partial charge in [0.1, 0.15) is 18.4 Å². The van der Waals surface area contributed by atoms with Crippen molar-refractivity contribution >= 4 is 11.6 Å². The standard InChI is InChI=1S/C10H11ClN2O/c1-13-8(6-12)7-14-10-5-3-2-4-9(10)11/h2-5,8,13H,7H2,1H3. The van der Waals surface area contributed by atoms with Gasteiger partial charge in [-0.2, -0.15) is 5.26 Å². The van der Waals surface area contributed by atoms with Gasteiger partial charge in [-0.1, -0.05) is 23.7 Å². The summed E-state index contributed by atoms with van der Waals surface area (Å²) < 4.78 is 5.36. The highest BCUT2D eigenvalue weighted by Gasteiger charge is 2.06. The molecule has 0 saturated carbocycles. The molecule has 0 aromatic heterocycles. The number of nitrogens with zero attached hydrogens (tertiary/aromatic N) is 1. The number of likely N-dealkylation sites (N-methyl/N-ethyl adjacent to an activating group) is 1. The van der Waals surface area contributed by atoms with Gasteiger partial charge >= 0.3 is 0 Å². The van der Waals surface area contributed by atoms with Crippen LogP contribution in [0.3, 0.4) is 0 Å². The number of hydrogen-bond donors (Lipinski definition) is 1. The van der Waals surface area contributed by atoms with Crippen molar-refractivity contribution in [2.24, 2.45) is 0 Å². The molecule has 1 unspecified atom stereocenters. The predicted molar refractivity (Wildman–Crippen MR) is 55.4 cm³/mol. The predicted octanol–water partition coefficient (Wildman–Crippen LogP) is 1.83. The number of halogens is 1. The summed E-state index contributed by atoms with van der Waals surface area (Å²) in [4.78, 5) is 0. The maximum Gasteiger partial charge on any atom is 0.138 e. The van der Waals surface area contributed by atoms with Gasteiger partial charge in [0.15, 0.2) is 0 Å². The first kappa shape index (κ1) is 10.8. The van der Waals surface area contributed by atoms with Crippen LogP contribution in [-0.2, 0) is 0 Å². The van der Waals surface area contributed by atoms with E-state index in [1.165, 1.54) is 0 Å². The highest BCUT2D eigenvalue weighted by Crippen LogP contribution is 2.22. The fourth-order valence-electron chi connectivity index (χ4n) is 0.920. The molecule has 0 aliphatic carbocycles. The van der Waals surface area contributed by atoms with Crippen LogP contribution in [0.1, 0.15) is 0 Å². The van der Waals surface area contributed by atoms with Crippen LogP contribution in [0.15, 0.2) is 24.3 Å². The molecule has 74 valence electrons. The zero-order valence-corrected chi connectivity index (χ0v) is 8.58. The summed E-state index contributed by atoms with van der Waals surface area (Å²) in [6.45, 7) is 0.288. The molecule has 1 rings (SSSR count). The van der Waals surface area contributed by atoms with E-state index < -0.39 is 0 Å². The third kappa shape index (κ3) is 2.91. The number of para-hydroxylation sites is 1. The minimum atomic E-state index is -0.314. The van der Waals surface area contributed by atoms with Crippen molar-refractivity contribution in [1.82, 2.24) is 5.32 Å². The third-order valence-electron chi connectivity index (χ3n) is 1.75. The third-order valence-corrected chi connectivity index (χ3v) is 2.06. The normalized spacial score (nSPS) is 11.8. The van der Waals surface area contributed by atoms with Gasteiger partial charge in [0.05, 0.1) is 11.1 Å². The smallest absolute Gasteiger partial charge is 0.138 e. The molecule has 0 aliphatic heterocycles. The first-order chi connectivity index (χ1) is 6.77. The van der Waals surface area contributed by atoms with Crippen molar-refractivity contribution in [3.63, 3.8) is 0 Å². The van der Waals surface area contributed by atoms with Gasteiger partial charge in [-0.25, -0.2) is 0 Å². The summed E-state index contributed by atoms with van der Waals surface area (Å²) in [6, 6.07) is 8.93. The maximum absolute atomic E-state index is 8.65. The van der Waals surface area contributed by atoms with Crippen molar-refractivity contribution in [1.29, 1.82) is 5.26 Å². The second-order valence-electron chi connectivity index (χ2n) is 2.71. The molecule has 0 fully saturated rings. The number of hydrogen-bond acceptors (Lipinski definition) is 3. The lowest BCUT2D eigenvalue weighted by Crippen LogP contribution is -2.29. The zero-order chi connectivity index (χ0) is 10.4.